The number of rotatable bonds is 8. The summed E-state index contributed by atoms with van der Waals surface area (Å²) in [5.41, 5.74) is 5.06. The Kier molecular flexibility index (Phi) is 7.98. The van der Waals surface area contributed by atoms with Gasteiger partial charge in [0.15, 0.2) is 0 Å². The fourth-order valence-electron chi connectivity index (χ4n) is 3.96. The largest absolute Gasteiger partial charge is 0.435 e. The summed E-state index contributed by atoms with van der Waals surface area (Å²) in [4.78, 5) is 14.9. The second kappa shape index (κ2) is 11.2. The number of anilines is 2. The first-order valence-corrected chi connectivity index (χ1v) is 12.0. The highest BCUT2D eigenvalue weighted by Crippen LogP contribution is 2.33. The molecule has 0 bridgehead atoms. The third-order valence-electron chi connectivity index (χ3n) is 6.00. The maximum absolute atomic E-state index is 12.8. The van der Waals surface area contributed by atoms with Crippen LogP contribution in [0, 0.1) is 6.92 Å². The van der Waals surface area contributed by atoms with Crippen LogP contribution in [-0.2, 0) is 0 Å². The van der Waals surface area contributed by atoms with Crippen LogP contribution in [0.15, 0.2) is 65.9 Å². The van der Waals surface area contributed by atoms with Crippen LogP contribution in [0.3, 0.4) is 0 Å². The zero-order valence-corrected chi connectivity index (χ0v) is 21.5. The van der Waals surface area contributed by atoms with Gasteiger partial charge in [-0.15, -0.1) is 0 Å². The van der Waals surface area contributed by atoms with E-state index in [4.69, 9.17) is 0 Å². The molecular formula is C28H26F5N5O. The third-order valence-corrected chi connectivity index (χ3v) is 6.00. The summed E-state index contributed by atoms with van der Waals surface area (Å²) in [5, 5.41) is 3.07. The molecule has 204 valence electrons. The molecule has 6 nitrogen and oxygen atoms in total. The number of ether oxygens (including phenoxy) is 1. The summed E-state index contributed by atoms with van der Waals surface area (Å²) in [6.07, 6.45) is -0.459. The molecule has 39 heavy (non-hydrogen) atoms. The fraction of sp³-hybridized carbons (Fsp3) is 0.250. The van der Waals surface area contributed by atoms with Crippen molar-refractivity contribution in [1.82, 2.24) is 9.97 Å². The molecule has 0 saturated heterocycles. The second-order valence-electron chi connectivity index (χ2n) is 8.86. The molecule has 0 amide bonds. The first kappa shape index (κ1) is 27.7. The fourth-order valence-corrected chi connectivity index (χ4v) is 3.96. The minimum absolute atomic E-state index is 0.0382. The molecule has 0 radical (unpaired) electrons. The third kappa shape index (κ3) is 6.60. The minimum Gasteiger partial charge on any atom is -0.435 e. The van der Waals surface area contributed by atoms with Crippen molar-refractivity contribution in [2.75, 3.05) is 16.8 Å². The molecule has 0 spiro atoms. The Balaban J connectivity index is 1.83. The van der Waals surface area contributed by atoms with Crippen LogP contribution in [0.5, 0.6) is 5.75 Å². The van der Waals surface area contributed by atoms with Gasteiger partial charge in [0, 0.05) is 40.3 Å². The number of aromatic nitrogens is 2. The van der Waals surface area contributed by atoms with Crippen LogP contribution in [0.1, 0.15) is 31.4 Å². The smallest absolute Gasteiger partial charge is 0.405 e. The van der Waals surface area contributed by atoms with Crippen LogP contribution in [0.4, 0.5) is 39.3 Å². The predicted molar refractivity (Wildman–Crippen MR) is 142 cm³/mol. The summed E-state index contributed by atoms with van der Waals surface area (Å²) in [6, 6.07) is 11.6. The lowest BCUT2D eigenvalue weighted by molar-refractivity contribution is -0.115. The number of halogens is 5. The van der Waals surface area contributed by atoms with E-state index in [1.807, 2.05) is 43.9 Å². The van der Waals surface area contributed by atoms with E-state index in [1.54, 1.807) is 18.3 Å². The van der Waals surface area contributed by atoms with E-state index in [0.29, 0.717) is 27.4 Å². The summed E-state index contributed by atoms with van der Waals surface area (Å²) in [5.74, 6) is -0.246. The Bertz CT molecular complexity index is 1530. The molecule has 0 saturated carbocycles. The summed E-state index contributed by atoms with van der Waals surface area (Å²) >= 11 is 0. The van der Waals surface area contributed by atoms with Crippen LogP contribution in [0.2, 0.25) is 0 Å². The highest BCUT2D eigenvalue weighted by molar-refractivity contribution is 5.89. The molecule has 0 aliphatic carbocycles. The van der Waals surface area contributed by atoms with E-state index in [0.717, 1.165) is 29.1 Å². The van der Waals surface area contributed by atoms with Crippen molar-refractivity contribution >= 4 is 34.8 Å². The van der Waals surface area contributed by atoms with Gasteiger partial charge in [-0.3, -0.25) is 4.99 Å². The van der Waals surface area contributed by atoms with Gasteiger partial charge in [-0.05, 0) is 61.7 Å². The van der Waals surface area contributed by atoms with Gasteiger partial charge in [0.25, 0.3) is 0 Å². The molecule has 4 rings (SSSR count). The van der Waals surface area contributed by atoms with Crippen molar-refractivity contribution in [3.05, 3.63) is 82.6 Å². The van der Waals surface area contributed by atoms with Crippen LogP contribution < -0.4 is 25.5 Å². The molecule has 2 heterocycles. The van der Waals surface area contributed by atoms with E-state index in [2.05, 4.69) is 31.6 Å². The first-order valence-electron chi connectivity index (χ1n) is 12.0. The maximum atomic E-state index is 12.8. The average molecular weight is 544 g/mol. The lowest BCUT2D eigenvalue weighted by atomic mass is 9.98. The summed E-state index contributed by atoms with van der Waals surface area (Å²) < 4.78 is 68.1. The zero-order chi connectivity index (χ0) is 28.3. The summed E-state index contributed by atoms with van der Waals surface area (Å²) in [7, 11) is 0. The van der Waals surface area contributed by atoms with Gasteiger partial charge in [0.05, 0.1) is 11.0 Å². The maximum Gasteiger partial charge on any atom is 0.405 e. The number of nitrogens with zero attached hydrogens (tertiary/aromatic N) is 4. The van der Waals surface area contributed by atoms with Crippen molar-refractivity contribution in [2.24, 2.45) is 4.99 Å². The Labute approximate surface area is 221 Å². The van der Waals surface area contributed by atoms with E-state index < -0.39 is 19.3 Å². The highest BCUT2D eigenvalue weighted by atomic mass is 19.4. The monoisotopic (exact) mass is 543 g/mol. The molecule has 0 unspecified atom stereocenters. The quantitative estimate of drug-likeness (QED) is 0.286. The predicted octanol–water partition coefficient (Wildman–Crippen LogP) is 5.83. The van der Waals surface area contributed by atoms with E-state index >= 15 is 0 Å². The first-order chi connectivity index (χ1) is 18.4. The SMILES string of the molecule is C=C1C(c2ccc(OC(F)F)cc2)=c2nc(NCC(F)(F)F)ncc2=CN1c1ccc(N=C(C)CC)c(C)c1. The molecule has 0 fully saturated rings. The Morgan fingerprint density at radius 3 is 2.49 bits per heavy atom. The number of hydrogen-bond acceptors (Lipinski definition) is 6. The normalized spacial score (nSPS) is 13.9. The van der Waals surface area contributed by atoms with Crippen LogP contribution in [-0.4, -0.2) is 35.0 Å². The van der Waals surface area contributed by atoms with Crippen molar-refractivity contribution in [3.63, 3.8) is 0 Å². The molecule has 11 heteroatoms. The lowest BCUT2D eigenvalue weighted by Crippen LogP contribution is -2.41. The number of nitrogens with one attached hydrogen (secondary N) is 1. The molecular weight excluding hydrogens is 517 g/mol. The average Bonchev–Trinajstić information content (AvgIpc) is 2.88. The number of allylic oxidation sites excluding steroid dienone is 1. The number of fused-ring (bicyclic) bond motifs is 1. The number of alkyl halides is 5. The van der Waals surface area contributed by atoms with Crippen molar-refractivity contribution in [1.29, 1.82) is 0 Å². The number of aryl methyl sites for hydroxylation is 1. The van der Waals surface area contributed by atoms with Crippen molar-refractivity contribution in [2.45, 2.75) is 40.0 Å². The van der Waals surface area contributed by atoms with Gasteiger partial charge < -0.3 is 15.0 Å². The van der Waals surface area contributed by atoms with Gasteiger partial charge in [-0.2, -0.15) is 22.0 Å². The van der Waals surface area contributed by atoms with Gasteiger partial charge in [0.1, 0.15) is 12.3 Å². The topological polar surface area (TPSA) is 62.6 Å². The van der Waals surface area contributed by atoms with Crippen molar-refractivity contribution in [3.8, 4) is 5.75 Å². The standard InChI is InChI=1S/C28H26F5N5O/c1-5-17(3)36-23-11-8-21(12-16(23)2)38-14-20-13-34-27(35-15-28(31,32)33)37-25(20)24(18(38)4)19-6-9-22(10-7-19)39-26(29)30/h6-14,26H,4-5,15H2,1-3H3,(H,35,37). The number of hydrogen-bond donors (Lipinski definition) is 1. The molecule has 2 aromatic carbocycles. The molecule has 3 aromatic rings. The Morgan fingerprint density at radius 2 is 1.87 bits per heavy atom. The number of aliphatic imine (C=N–C) groups is 1. The van der Waals surface area contributed by atoms with Gasteiger partial charge in [0.2, 0.25) is 5.95 Å². The van der Waals surface area contributed by atoms with E-state index in [-0.39, 0.29) is 11.7 Å². The zero-order valence-electron chi connectivity index (χ0n) is 21.5. The lowest BCUT2D eigenvalue weighted by Gasteiger charge is -2.28. The minimum atomic E-state index is -4.46. The van der Waals surface area contributed by atoms with Gasteiger partial charge in [-0.1, -0.05) is 25.6 Å². The van der Waals surface area contributed by atoms with E-state index in [9.17, 15) is 22.0 Å². The van der Waals surface area contributed by atoms with Crippen LogP contribution >= 0.6 is 0 Å². The molecule has 1 aliphatic heterocycles. The van der Waals surface area contributed by atoms with Gasteiger partial charge in [-0.25, -0.2) is 9.97 Å². The Hall–Kier alpha value is -4.28. The molecule has 0 atom stereocenters. The Morgan fingerprint density at radius 1 is 1.15 bits per heavy atom. The summed E-state index contributed by atoms with van der Waals surface area (Å²) in [6.45, 7) is 5.90. The highest BCUT2D eigenvalue weighted by Gasteiger charge is 2.27. The van der Waals surface area contributed by atoms with E-state index in [1.165, 1.54) is 18.3 Å². The van der Waals surface area contributed by atoms with Crippen molar-refractivity contribution < 1.29 is 26.7 Å². The molecule has 1 aliphatic rings. The van der Waals surface area contributed by atoms with Gasteiger partial charge >= 0.3 is 12.8 Å². The number of benzene rings is 2. The molecule has 1 aromatic heterocycles. The second-order valence-corrected chi connectivity index (χ2v) is 8.86. The molecule has 1 N–H and O–H groups in total. The van der Waals surface area contributed by atoms with Crippen LogP contribution in [0.25, 0.3) is 11.8 Å².